The molecule has 0 radical (unpaired) electrons. The smallest absolute Gasteiger partial charge is 0.270 e. The van der Waals surface area contributed by atoms with E-state index >= 15 is 0 Å². The molecule has 8 heteroatoms. The van der Waals surface area contributed by atoms with Gasteiger partial charge in [-0.15, -0.1) is 0 Å². The van der Waals surface area contributed by atoms with Crippen LogP contribution in [0, 0.1) is 10.1 Å². The molecule has 0 amide bonds. The van der Waals surface area contributed by atoms with Crippen molar-refractivity contribution in [3.63, 3.8) is 0 Å². The first-order valence-corrected chi connectivity index (χ1v) is 10.7. The Morgan fingerprint density at radius 1 is 1.26 bits per heavy atom. The zero-order valence-corrected chi connectivity index (χ0v) is 17.8. The van der Waals surface area contributed by atoms with Gasteiger partial charge in [-0.1, -0.05) is 12.1 Å². The summed E-state index contributed by atoms with van der Waals surface area (Å²) in [6.07, 6.45) is 4.61. The van der Waals surface area contributed by atoms with Crippen molar-refractivity contribution < 1.29 is 14.4 Å². The van der Waals surface area contributed by atoms with Crippen LogP contribution in [0.1, 0.15) is 32.3 Å². The number of fused-ring (bicyclic) bond motifs is 2. The Morgan fingerprint density at radius 2 is 2.06 bits per heavy atom. The van der Waals surface area contributed by atoms with Crippen molar-refractivity contribution in [2.45, 2.75) is 51.5 Å². The molecule has 0 N–H and O–H groups in total. The van der Waals surface area contributed by atoms with Crippen molar-refractivity contribution in [2.24, 2.45) is 0 Å². The minimum Gasteiger partial charge on any atom is -0.486 e. The lowest BCUT2D eigenvalue weighted by atomic mass is 10.0. The molecule has 8 nitrogen and oxygen atoms in total. The molecule has 1 fully saturated rings. The minimum absolute atomic E-state index is 0.0878. The van der Waals surface area contributed by atoms with E-state index in [1.165, 1.54) is 11.6 Å². The molecule has 3 heterocycles. The number of para-hydroxylation sites is 1. The summed E-state index contributed by atoms with van der Waals surface area (Å²) >= 11 is 0. The third-order valence-electron chi connectivity index (χ3n) is 6.05. The zero-order valence-electron chi connectivity index (χ0n) is 17.8. The number of aromatic nitrogens is 2. The first kappa shape index (κ1) is 19.8. The number of nitrogens with zero attached hydrogens (tertiary/aromatic N) is 4. The number of piperidine rings is 1. The number of nitro groups is 1. The van der Waals surface area contributed by atoms with Gasteiger partial charge in [0.05, 0.1) is 23.3 Å². The average Bonchev–Trinajstić information content (AvgIpc) is 3.28. The molecular weight excluding hydrogens is 396 g/mol. The van der Waals surface area contributed by atoms with Crippen LogP contribution in [0.2, 0.25) is 0 Å². The van der Waals surface area contributed by atoms with Gasteiger partial charge >= 0.3 is 0 Å². The first-order chi connectivity index (χ1) is 14.9. The van der Waals surface area contributed by atoms with Crippen LogP contribution in [-0.4, -0.2) is 44.4 Å². The fraction of sp³-hybridized carbons (Fsp3) is 0.435. The van der Waals surface area contributed by atoms with Crippen molar-refractivity contribution in [3.8, 4) is 11.5 Å². The molecule has 0 bridgehead atoms. The van der Waals surface area contributed by atoms with Gasteiger partial charge < -0.3 is 9.47 Å². The number of nitro benzene ring substituents is 1. The fourth-order valence-electron chi connectivity index (χ4n) is 4.52. The molecule has 0 spiro atoms. The minimum atomic E-state index is -0.379. The molecular formula is C23H26N4O4. The summed E-state index contributed by atoms with van der Waals surface area (Å²) in [5.74, 6) is 1.74. The fourth-order valence-corrected chi connectivity index (χ4v) is 4.52. The van der Waals surface area contributed by atoms with Crippen molar-refractivity contribution >= 4 is 16.6 Å². The van der Waals surface area contributed by atoms with E-state index in [4.69, 9.17) is 9.47 Å². The Kier molecular flexibility index (Phi) is 4.81. The molecule has 2 aliphatic rings. The summed E-state index contributed by atoms with van der Waals surface area (Å²) in [7, 11) is 0. The zero-order chi connectivity index (χ0) is 21.6. The number of non-ortho nitro benzene ring substituents is 1. The van der Waals surface area contributed by atoms with Gasteiger partial charge in [-0.2, -0.15) is 5.10 Å². The molecule has 0 saturated carbocycles. The van der Waals surface area contributed by atoms with E-state index in [0.717, 1.165) is 54.8 Å². The molecule has 0 unspecified atom stereocenters. The highest BCUT2D eigenvalue weighted by Gasteiger charge is 2.33. The van der Waals surface area contributed by atoms with Gasteiger partial charge in [0.15, 0.2) is 11.5 Å². The predicted molar refractivity (Wildman–Crippen MR) is 116 cm³/mol. The Hall–Kier alpha value is -3.13. The SMILES string of the molecule is CC1(C)Cc2cccc(OC3CCN(Cn4ncc5cc([N+](=O)[O-])ccc54)CC3)c2O1. The number of ether oxygens (including phenoxy) is 2. The standard InChI is InChI=1S/C23H26N4O4/c1-23(2)13-16-4-3-5-21(22(16)31-23)30-19-8-10-25(11-9-19)15-26-20-7-6-18(27(28)29)12-17(20)14-24-26/h3-7,12,14,19H,8-11,13,15H2,1-2H3. The normalized spacial score (nSPS) is 18.6. The van der Waals surface area contributed by atoms with E-state index in [2.05, 4.69) is 29.9 Å². The molecule has 162 valence electrons. The number of benzene rings is 2. The van der Waals surface area contributed by atoms with Crippen LogP contribution in [0.3, 0.4) is 0 Å². The van der Waals surface area contributed by atoms with Crippen LogP contribution >= 0.6 is 0 Å². The molecule has 2 aromatic carbocycles. The van der Waals surface area contributed by atoms with E-state index in [9.17, 15) is 10.1 Å². The maximum Gasteiger partial charge on any atom is 0.270 e. The Bertz CT molecular complexity index is 1130. The van der Waals surface area contributed by atoms with Gasteiger partial charge in [0, 0.05) is 42.6 Å². The van der Waals surface area contributed by atoms with E-state index in [1.807, 2.05) is 16.8 Å². The quantitative estimate of drug-likeness (QED) is 0.454. The van der Waals surface area contributed by atoms with E-state index in [-0.39, 0.29) is 22.3 Å². The molecule has 1 saturated heterocycles. The summed E-state index contributed by atoms with van der Waals surface area (Å²) < 4.78 is 14.4. The molecule has 5 rings (SSSR count). The van der Waals surface area contributed by atoms with Crippen LogP contribution in [0.4, 0.5) is 5.69 Å². The molecule has 0 atom stereocenters. The van der Waals surface area contributed by atoms with Crippen LogP contribution in [0.15, 0.2) is 42.6 Å². The molecule has 1 aromatic heterocycles. The highest BCUT2D eigenvalue weighted by molar-refractivity contribution is 5.81. The molecule has 2 aliphatic heterocycles. The van der Waals surface area contributed by atoms with Gasteiger partial charge in [-0.05, 0) is 38.8 Å². The second kappa shape index (κ2) is 7.53. The largest absolute Gasteiger partial charge is 0.486 e. The third-order valence-corrected chi connectivity index (χ3v) is 6.05. The summed E-state index contributed by atoms with van der Waals surface area (Å²) in [6.45, 7) is 6.67. The van der Waals surface area contributed by atoms with Gasteiger partial charge in [0.1, 0.15) is 11.7 Å². The topological polar surface area (TPSA) is 82.7 Å². The van der Waals surface area contributed by atoms with Gasteiger partial charge in [0.25, 0.3) is 5.69 Å². The summed E-state index contributed by atoms with van der Waals surface area (Å²) in [5, 5.41) is 16.2. The van der Waals surface area contributed by atoms with Crippen molar-refractivity contribution in [3.05, 3.63) is 58.3 Å². The van der Waals surface area contributed by atoms with Crippen LogP contribution < -0.4 is 9.47 Å². The Balaban J connectivity index is 1.21. The lowest BCUT2D eigenvalue weighted by molar-refractivity contribution is -0.384. The maximum atomic E-state index is 11.0. The maximum absolute atomic E-state index is 11.0. The van der Waals surface area contributed by atoms with E-state index < -0.39 is 0 Å². The number of hydrogen-bond donors (Lipinski definition) is 0. The number of rotatable bonds is 5. The van der Waals surface area contributed by atoms with Crippen LogP contribution in [0.5, 0.6) is 11.5 Å². The number of hydrogen-bond acceptors (Lipinski definition) is 6. The van der Waals surface area contributed by atoms with Gasteiger partial charge in [-0.3, -0.25) is 19.7 Å². The Morgan fingerprint density at radius 3 is 2.84 bits per heavy atom. The highest BCUT2D eigenvalue weighted by Crippen LogP contribution is 2.42. The molecule has 31 heavy (non-hydrogen) atoms. The van der Waals surface area contributed by atoms with Crippen molar-refractivity contribution in [1.82, 2.24) is 14.7 Å². The lowest BCUT2D eigenvalue weighted by Crippen LogP contribution is -2.39. The van der Waals surface area contributed by atoms with Crippen molar-refractivity contribution in [1.29, 1.82) is 0 Å². The first-order valence-electron chi connectivity index (χ1n) is 10.7. The molecule has 0 aliphatic carbocycles. The lowest BCUT2D eigenvalue weighted by Gasteiger charge is -2.32. The van der Waals surface area contributed by atoms with Crippen molar-refractivity contribution in [2.75, 3.05) is 13.1 Å². The number of likely N-dealkylation sites (tertiary alicyclic amines) is 1. The monoisotopic (exact) mass is 422 g/mol. The summed E-state index contributed by atoms with van der Waals surface area (Å²) in [6, 6.07) is 11.0. The van der Waals surface area contributed by atoms with E-state index in [0.29, 0.717) is 6.67 Å². The van der Waals surface area contributed by atoms with Crippen LogP contribution in [0.25, 0.3) is 10.9 Å². The third kappa shape index (κ3) is 3.95. The predicted octanol–water partition coefficient (Wildman–Crippen LogP) is 4.16. The van der Waals surface area contributed by atoms with Gasteiger partial charge in [0.2, 0.25) is 0 Å². The summed E-state index contributed by atoms with van der Waals surface area (Å²) in [5.41, 5.74) is 2.03. The van der Waals surface area contributed by atoms with Gasteiger partial charge in [-0.25, -0.2) is 0 Å². The van der Waals surface area contributed by atoms with E-state index in [1.54, 1.807) is 18.3 Å². The van der Waals surface area contributed by atoms with Crippen LogP contribution in [-0.2, 0) is 13.1 Å². The second-order valence-corrected chi connectivity index (χ2v) is 9.00. The summed E-state index contributed by atoms with van der Waals surface area (Å²) in [4.78, 5) is 12.9. The average molecular weight is 422 g/mol. The second-order valence-electron chi connectivity index (χ2n) is 9.00. The molecule has 3 aromatic rings. The Labute approximate surface area is 180 Å². The highest BCUT2D eigenvalue weighted by atomic mass is 16.6.